The standard InChI is InChI=1S/C16H23NO2/c1-16(2,3)19-12-6-4-11-5-7-14-15(13(11)10-12)18-9-8-17-14/h4,6,10,14-15,17H,5,7-9H2,1-3H3/t14?,15-/m1/s1. The SMILES string of the molecule is CC(C)(C)Oc1ccc2c(c1)[C@H]1OCCNC1CC2. The highest BCUT2D eigenvalue weighted by Gasteiger charge is 2.32. The van der Waals surface area contributed by atoms with E-state index in [-0.39, 0.29) is 11.7 Å². The summed E-state index contributed by atoms with van der Waals surface area (Å²) in [6, 6.07) is 6.92. The Bertz CT molecular complexity index is 464. The third-order valence-electron chi connectivity index (χ3n) is 3.74. The highest BCUT2D eigenvalue weighted by molar-refractivity contribution is 5.40. The van der Waals surface area contributed by atoms with Crippen LogP contribution in [0.1, 0.15) is 44.4 Å². The average molecular weight is 261 g/mol. The average Bonchev–Trinajstić information content (AvgIpc) is 2.37. The summed E-state index contributed by atoms with van der Waals surface area (Å²) in [7, 11) is 0. The van der Waals surface area contributed by atoms with Crippen molar-refractivity contribution in [3.8, 4) is 5.75 Å². The number of aryl methyl sites for hydroxylation is 1. The molecule has 0 saturated carbocycles. The summed E-state index contributed by atoms with van der Waals surface area (Å²) in [4.78, 5) is 0. The lowest BCUT2D eigenvalue weighted by Crippen LogP contribution is -2.45. The summed E-state index contributed by atoms with van der Waals surface area (Å²) in [5.41, 5.74) is 2.56. The van der Waals surface area contributed by atoms with Crippen molar-refractivity contribution in [1.82, 2.24) is 5.32 Å². The van der Waals surface area contributed by atoms with Crippen LogP contribution in [0.2, 0.25) is 0 Å². The quantitative estimate of drug-likeness (QED) is 0.843. The highest BCUT2D eigenvalue weighted by atomic mass is 16.5. The summed E-state index contributed by atoms with van der Waals surface area (Å²) in [6.07, 6.45) is 2.49. The third kappa shape index (κ3) is 2.77. The molecule has 1 heterocycles. The zero-order valence-electron chi connectivity index (χ0n) is 12.0. The molecule has 3 nitrogen and oxygen atoms in total. The lowest BCUT2D eigenvalue weighted by Gasteiger charge is -2.38. The van der Waals surface area contributed by atoms with Gasteiger partial charge in [0.25, 0.3) is 0 Å². The first-order valence-corrected chi connectivity index (χ1v) is 7.20. The summed E-state index contributed by atoms with van der Waals surface area (Å²) in [6.45, 7) is 8.00. The Kier molecular flexibility index (Phi) is 3.27. The van der Waals surface area contributed by atoms with Crippen LogP contribution in [-0.4, -0.2) is 24.8 Å². The number of fused-ring (bicyclic) bond motifs is 3. The van der Waals surface area contributed by atoms with Gasteiger partial charge in [-0.3, -0.25) is 0 Å². The fourth-order valence-electron chi connectivity index (χ4n) is 3.01. The lowest BCUT2D eigenvalue weighted by molar-refractivity contribution is -0.0130. The summed E-state index contributed by atoms with van der Waals surface area (Å²) in [5, 5.41) is 3.56. The molecule has 19 heavy (non-hydrogen) atoms. The molecule has 1 saturated heterocycles. The van der Waals surface area contributed by atoms with Gasteiger partial charge < -0.3 is 14.8 Å². The molecule has 2 aliphatic rings. The second-order valence-corrected chi connectivity index (χ2v) is 6.47. The molecule has 1 unspecified atom stereocenters. The normalized spacial score (nSPS) is 26.5. The van der Waals surface area contributed by atoms with E-state index in [1.54, 1.807) is 0 Å². The maximum Gasteiger partial charge on any atom is 0.120 e. The number of nitrogens with one attached hydrogen (secondary N) is 1. The molecule has 0 aromatic heterocycles. The van der Waals surface area contributed by atoms with Crippen LogP contribution in [0.15, 0.2) is 18.2 Å². The molecular formula is C16H23NO2. The lowest BCUT2D eigenvalue weighted by atomic mass is 9.85. The second kappa shape index (κ2) is 4.80. The molecule has 1 aliphatic carbocycles. The van der Waals surface area contributed by atoms with E-state index in [1.165, 1.54) is 11.1 Å². The van der Waals surface area contributed by atoms with Gasteiger partial charge in [0.2, 0.25) is 0 Å². The molecule has 2 atom stereocenters. The second-order valence-electron chi connectivity index (χ2n) is 6.47. The smallest absolute Gasteiger partial charge is 0.120 e. The van der Waals surface area contributed by atoms with E-state index < -0.39 is 0 Å². The Balaban J connectivity index is 1.90. The number of ether oxygens (including phenoxy) is 2. The van der Waals surface area contributed by atoms with Crippen molar-refractivity contribution >= 4 is 0 Å². The van der Waals surface area contributed by atoms with Gasteiger partial charge in [0, 0.05) is 12.6 Å². The van der Waals surface area contributed by atoms with E-state index in [0.717, 1.165) is 31.7 Å². The van der Waals surface area contributed by atoms with Crippen LogP contribution in [0, 0.1) is 0 Å². The van der Waals surface area contributed by atoms with Crippen LogP contribution in [-0.2, 0) is 11.2 Å². The first-order valence-electron chi connectivity index (χ1n) is 7.20. The molecule has 1 aromatic carbocycles. The van der Waals surface area contributed by atoms with Crippen LogP contribution in [0.5, 0.6) is 5.75 Å². The Morgan fingerprint density at radius 3 is 2.95 bits per heavy atom. The maximum atomic E-state index is 5.98. The van der Waals surface area contributed by atoms with Crippen LogP contribution in [0.25, 0.3) is 0 Å². The van der Waals surface area contributed by atoms with Gasteiger partial charge in [-0.1, -0.05) is 6.07 Å². The van der Waals surface area contributed by atoms with Crippen LogP contribution in [0.4, 0.5) is 0 Å². The van der Waals surface area contributed by atoms with Gasteiger partial charge in [-0.15, -0.1) is 0 Å². The van der Waals surface area contributed by atoms with Gasteiger partial charge in [-0.25, -0.2) is 0 Å². The largest absolute Gasteiger partial charge is 0.488 e. The topological polar surface area (TPSA) is 30.5 Å². The third-order valence-corrected chi connectivity index (χ3v) is 3.74. The number of rotatable bonds is 1. The molecule has 0 radical (unpaired) electrons. The molecular weight excluding hydrogens is 238 g/mol. The van der Waals surface area contributed by atoms with Crippen molar-refractivity contribution < 1.29 is 9.47 Å². The Morgan fingerprint density at radius 2 is 2.16 bits per heavy atom. The van der Waals surface area contributed by atoms with E-state index in [4.69, 9.17) is 9.47 Å². The monoisotopic (exact) mass is 261 g/mol. The van der Waals surface area contributed by atoms with Crippen molar-refractivity contribution in [2.24, 2.45) is 0 Å². The minimum Gasteiger partial charge on any atom is -0.488 e. The summed E-state index contributed by atoms with van der Waals surface area (Å²) >= 11 is 0. The fourth-order valence-corrected chi connectivity index (χ4v) is 3.01. The molecule has 1 aromatic rings. The first kappa shape index (κ1) is 12.9. The summed E-state index contributed by atoms with van der Waals surface area (Å²) in [5.74, 6) is 0.945. The Labute approximate surface area is 115 Å². The van der Waals surface area contributed by atoms with Crippen LogP contribution in [0.3, 0.4) is 0 Å². The minimum atomic E-state index is -0.159. The highest BCUT2D eigenvalue weighted by Crippen LogP contribution is 2.36. The van der Waals surface area contributed by atoms with Crippen LogP contribution < -0.4 is 10.1 Å². The van der Waals surface area contributed by atoms with Gasteiger partial charge in [-0.2, -0.15) is 0 Å². The van der Waals surface area contributed by atoms with Gasteiger partial charge in [-0.05, 0) is 56.9 Å². The number of hydrogen-bond donors (Lipinski definition) is 1. The number of hydrogen-bond acceptors (Lipinski definition) is 3. The van der Waals surface area contributed by atoms with E-state index in [0.29, 0.717) is 6.04 Å². The molecule has 0 amide bonds. The van der Waals surface area contributed by atoms with Crippen molar-refractivity contribution in [3.05, 3.63) is 29.3 Å². The summed E-state index contributed by atoms with van der Waals surface area (Å²) < 4.78 is 11.9. The van der Waals surface area contributed by atoms with Gasteiger partial charge in [0.15, 0.2) is 0 Å². The van der Waals surface area contributed by atoms with Gasteiger partial charge in [0.05, 0.1) is 12.7 Å². The van der Waals surface area contributed by atoms with Crippen molar-refractivity contribution in [2.75, 3.05) is 13.2 Å². The van der Waals surface area contributed by atoms with E-state index in [9.17, 15) is 0 Å². The Morgan fingerprint density at radius 1 is 1.32 bits per heavy atom. The molecule has 1 aliphatic heterocycles. The predicted molar refractivity (Wildman–Crippen MR) is 75.6 cm³/mol. The zero-order chi connectivity index (χ0) is 13.5. The van der Waals surface area contributed by atoms with Crippen molar-refractivity contribution in [1.29, 1.82) is 0 Å². The van der Waals surface area contributed by atoms with Gasteiger partial charge in [0.1, 0.15) is 11.4 Å². The maximum absolute atomic E-state index is 5.98. The number of morpholine rings is 1. The molecule has 104 valence electrons. The molecule has 1 fully saturated rings. The minimum absolute atomic E-state index is 0.159. The molecule has 0 spiro atoms. The fraction of sp³-hybridized carbons (Fsp3) is 0.625. The molecule has 1 N–H and O–H groups in total. The van der Waals surface area contributed by atoms with E-state index >= 15 is 0 Å². The van der Waals surface area contributed by atoms with E-state index in [2.05, 4.69) is 44.3 Å². The zero-order valence-corrected chi connectivity index (χ0v) is 12.0. The molecule has 0 bridgehead atoms. The van der Waals surface area contributed by atoms with Crippen molar-refractivity contribution in [2.45, 2.75) is 51.4 Å². The molecule has 3 heteroatoms. The van der Waals surface area contributed by atoms with Crippen molar-refractivity contribution in [3.63, 3.8) is 0 Å². The molecule has 3 rings (SSSR count). The Hall–Kier alpha value is -1.06. The van der Waals surface area contributed by atoms with Crippen LogP contribution >= 0.6 is 0 Å². The first-order chi connectivity index (χ1) is 9.03. The van der Waals surface area contributed by atoms with Gasteiger partial charge >= 0.3 is 0 Å². The number of benzene rings is 1. The van der Waals surface area contributed by atoms with E-state index in [1.807, 2.05) is 0 Å². The predicted octanol–water partition coefficient (Wildman–Crippen LogP) is 2.84.